The van der Waals surface area contributed by atoms with E-state index >= 15 is 0 Å². The number of amides is 1. The predicted octanol–water partition coefficient (Wildman–Crippen LogP) is 0.0747. The number of nitrogens with one attached hydrogen (secondary N) is 2. The van der Waals surface area contributed by atoms with Gasteiger partial charge < -0.3 is 15.2 Å². The predicted molar refractivity (Wildman–Crippen MR) is 50.0 cm³/mol. The number of hydrogen-bond donors (Lipinski definition) is 2. The molecule has 1 amide bonds. The van der Waals surface area contributed by atoms with Gasteiger partial charge in [0.25, 0.3) is 5.91 Å². The maximum absolute atomic E-state index is 11.6. The van der Waals surface area contributed by atoms with Crippen molar-refractivity contribution in [3.8, 4) is 0 Å². The lowest BCUT2D eigenvalue weighted by Gasteiger charge is -2.09. The van der Waals surface area contributed by atoms with Crippen molar-refractivity contribution >= 4 is 5.91 Å². The van der Waals surface area contributed by atoms with E-state index in [2.05, 4.69) is 15.8 Å². The van der Waals surface area contributed by atoms with Gasteiger partial charge in [-0.25, -0.2) is 0 Å². The Morgan fingerprint density at radius 2 is 2.64 bits per heavy atom. The molecule has 1 aliphatic heterocycles. The second-order valence-electron chi connectivity index (χ2n) is 3.48. The summed E-state index contributed by atoms with van der Waals surface area (Å²) in [4.78, 5) is 11.6. The average Bonchev–Trinajstić information content (AvgIpc) is 2.75. The van der Waals surface area contributed by atoms with Crippen molar-refractivity contribution in [2.24, 2.45) is 0 Å². The lowest BCUT2D eigenvalue weighted by Crippen LogP contribution is -2.36. The zero-order valence-corrected chi connectivity index (χ0v) is 8.04. The molecule has 1 aromatic rings. The molecular formula is C9H13N3O2. The molecule has 0 bridgehead atoms. The molecule has 0 spiro atoms. The zero-order chi connectivity index (χ0) is 9.97. The van der Waals surface area contributed by atoms with Crippen LogP contribution in [0.25, 0.3) is 0 Å². The molecule has 0 aliphatic carbocycles. The molecular weight excluding hydrogens is 182 g/mol. The van der Waals surface area contributed by atoms with Gasteiger partial charge in [-0.3, -0.25) is 4.79 Å². The van der Waals surface area contributed by atoms with Crippen LogP contribution >= 0.6 is 0 Å². The van der Waals surface area contributed by atoms with E-state index in [9.17, 15) is 4.79 Å². The van der Waals surface area contributed by atoms with Crippen molar-refractivity contribution < 1.29 is 9.32 Å². The Morgan fingerprint density at radius 1 is 1.79 bits per heavy atom. The number of hydrogen-bond acceptors (Lipinski definition) is 4. The van der Waals surface area contributed by atoms with Gasteiger partial charge in [0.15, 0.2) is 0 Å². The standard InChI is InChI=1S/C9H13N3O2/c1-6-8(5-14-12-6)9(13)11-7-2-3-10-4-7/h5,7,10H,2-4H2,1H3,(H,11,13). The molecule has 0 aromatic carbocycles. The smallest absolute Gasteiger partial charge is 0.256 e. The normalized spacial score (nSPS) is 21.1. The van der Waals surface area contributed by atoms with Crippen molar-refractivity contribution in [1.29, 1.82) is 0 Å². The van der Waals surface area contributed by atoms with Gasteiger partial charge in [-0.2, -0.15) is 0 Å². The molecule has 1 aromatic heterocycles. The third-order valence-electron chi connectivity index (χ3n) is 2.39. The Kier molecular flexibility index (Phi) is 2.49. The van der Waals surface area contributed by atoms with Crippen molar-refractivity contribution in [2.75, 3.05) is 13.1 Å². The SMILES string of the molecule is Cc1nocc1C(=O)NC1CCNC1. The number of carbonyl (C=O) groups excluding carboxylic acids is 1. The summed E-state index contributed by atoms with van der Waals surface area (Å²) in [5.74, 6) is -0.0996. The molecule has 2 heterocycles. The Bertz CT molecular complexity index is 329. The first-order chi connectivity index (χ1) is 6.77. The van der Waals surface area contributed by atoms with Gasteiger partial charge in [0.1, 0.15) is 11.8 Å². The largest absolute Gasteiger partial charge is 0.364 e. The fourth-order valence-corrected chi connectivity index (χ4v) is 1.55. The molecule has 2 rings (SSSR count). The summed E-state index contributed by atoms with van der Waals surface area (Å²) in [5.41, 5.74) is 1.16. The van der Waals surface area contributed by atoms with E-state index in [4.69, 9.17) is 4.52 Å². The van der Waals surface area contributed by atoms with Crippen LogP contribution < -0.4 is 10.6 Å². The van der Waals surface area contributed by atoms with E-state index in [1.807, 2.05) is 0 Å². The van der Waals surface area contributed by atoms with Gasteiger partial charge in [-0.05, 0) is 19.9 Å². The minimum Gasteiger partial charge on any atom is -0.364 e. The highest BCUT2D eigenvalue weighted by Gasteiger charge is 2.19. The van der Waals surface area contributed by atoms with Gasteiger partial charge in [-0.1, -0.05) is 5.16 Å². The molecule has 5 nitrogen and oxygen atoms in total. The second kappa shape index (κ2) is 3.79. The third kappa shape index (κ3) is 1.77. The number of carbonyl (C=O) groups is 1. The molecule has 1 aliphatic rings. The summed E-state index contributed by atoms with van der Waals surface area (Å²) < 4.78 is 4.70. The summed E-state index contributed by atoms with van der Waals surface area (Å²) in [5, 5.41) is 9.77. The summed E-state index contributed by atoms with van der Waals surface area (Å²) in [6.07, 6.45) is 2.36. The topological polar surface area (TPSA) is 67.2 Å². The Balaban J connectivity index is 1.98. The molecule has 14 heavy (non-hydrogen) atoms. The molecule has 76 valence electrons. The Labute approximate surface area is 81.8 Å². The van der Waals surface area contributed by atoms with Crippen molar-refractivity contribution in [1.82, 2.24) is 15.8 Å². The summed E-state index contributed by atoms with van der Waals surface area (Å²) in [6.45, 7) is 3.56. The van der Waals surface area contributed by atoms with Gasteiger partial charge in [0, 0.05) is 12.6 Å². The first-order valence-corrected chi connectivity index (χ1v) is 4.70. The van der Waals surface area contributed by atoms with Gasteiger partial charge in [0.2, 0.25) is 0 Å². The lowest BCUT2D eigenvalue weighted by atomic mass is 10.2. The van der Waals surface area contributed by atoms with Crippen LogP contribution in [0, 0.1) is 6.92 Å². The van der Waals surface area contributed by atoms with Crippen molar-refractivity contribution in [3.63, 3.8) is 0 Å². The molecule has 1 unspecified atom stereocenters. The second-order valence-corrected chi connectivity index (χ2v) is 3.48. The number of aromatic nitrogens is 1. The van der Waals surface area contributed by atoms with Crippen LogP contribution in [0.15, 0.2) is 10.8 Å². The molecule has 1 fully saturated rings. The number of aryl methyl sites for hydroxylation is 1. The third-order valence-corrected chi connectivity index (χ3v) is 2.39. The van der Waals surface area contributed by atoms with E-state index in [1.165, 1.54) is 6.26 Å². The van der Waals surface area contributed by atoms with E-state index in [0.29, 0.717) is 11.3 Å². The monoisotopic (exact) mass is 195 g/mol. The van der Waals surface area contributed by atoms with E-state index < -0.39 is 0 Å². The van der Waals surface area contributed by atoms with Crippen molar-refractivity contribution in [2.45, 2.75) is 19.4 Å². The zero-order valence-electron chi connectivity index (χ0n) is 8.04. The van der Waals surface area contributed by atoms with Gasteiger partial charge in [0.05, 0.1) is 5.69 Å². The summed E-state index contributed by atoms with van der Waals surface area (Å²) in [6, 6.07) is 0.233. The quantitative estimate of drug-likeness (QED) is 0.701. The molecule has 2 N–H and O–H groups in total. The first-order valence-electron chi connectivity index (χ1n) is 4.70. The Morgan fingerprint density at radius 3 is 3.21 bits per heavy atom. The first kappa shape index (κ1) is 9.21. The minimum atomic E-state index is -0.0996. The highest BCUT2D eigenvalue weighted by molar-refractivity contribution is 5.94. The number of rotatable bonds is 2. The van der Waals surface area contributed by atoms with Crippen LogP contribution in [-0.4, -0.2) is 30.2 Å². The average molecular weight is 195 g/mol. The summed E-state index contributed by atoms with van der Waals surface area (Å²) in [7, 11) is 0. The molecule has 0 radical (unpaired) electrons. The van der Waals surface area contributed by atoms with Crippen LogP contribution in [-0.2, 0) is 0 Å². The molecule has 1 saturated heterocycles. The highest BCUT2D eigenvalue weighted by Crippen LogP contribution is 2.06. The van der Waals surface area contributed by atoms with E-state index in [1.54, 1.807) is 6.92 Å². The van der Waals surface area contributed by atoms with E-state index in [-0.39, 0.29) is 11.9 Å². The Hall–Kier alpha value is -1.36. The van der Waals surface area contributed by atoms with Crippen LogP contribution in [0.5, 0.6) is 0 Å². The van der Waals surface area contributed by atoms with Crippen LogP contribution in [0.2, 0.25) is 0 Å². The fourth-order valence-electron chi connectivity index (χ4n) is 1.55. The minimum absolute atomic E-state index is 0.0996. The van der Waals surface area contributed by atoms with E-state index in [0.717, 1.165) is 19.5 Å². The van der Waals surface area contributed by atoms with Gasteiger partial charge >= 0.3 is 0 Å². The van der Waals surface area contributed by atoms with Crippen LogP contribution in [0.1, 0.15) is 22.5 Å². The lowest BCUT2D eigenvalue weighted by molar-refractivity contribution is 0.0939. The van der Waals surface area contributed by atoms with Crippen LogP contribution in [0.4, 0.5) is 0 Å². The highest BCUT2D eigenvalue weighted by atomic mass is 16.5. The number of nitrogens with zero attached hydrogens (tertiary/aromatic N) is 1. The molecule has 5 heteroatoms. The van der Waals surface area contributed by atoms with Crippen LogP contribution in [0.3, 0.4) is 0 Å². The summed E-state index contributed by atoms with van der Waals surface area (Å²) >= 11 is 0. The maximum atomic E-state index is 11.6. The molecule has 0 saturated carbocycles. The van der Waals surface area contributed by atoms with Crippen molar-refractivity contribution in [3.05, 3.63) is 17.5 Å². The fraction of sp³-hybridized carbons (Fsp3) is 0.556. The maximum Gasteiger partial charge on any atom is 0.256 e. The van der Waals surface area contributed by atoms with Gasteiger partial charge in [-0.15, -0.1) is 0 Å². The molecule has 1 atom stereocenters.